The fourth-order valence-corrected chi connectivity index (χ4v) is 7.04. The second-order valence-electron chi connectivity index (χ2n) is 6.52. The summed E-state index contributed by atoms with van der Waals surface area (Å²) in [6.45, 7) is 0.436. The lowest BCUT2D eigenvalue weighted by Crippen LogP contribution is -2.31. The Morgan fingerprint density at radius 2 is 1.60 bits per heavy atom. The van der Waals surface area contributed by atoms with Crippen molar-refractivity contribution in [2.75, 3.05) is 19.8 Å². The highest BCUT2D eigenvalue weighted by atomic mass is 32.2. The van der Waals surface area contributed by atoms with Gasteiger partial charge in [-0.2, -0.15) is 0 Å². The number of hydrogen-bond acceptors (Lipinski definition) is 7. The summed E-state index contributed by atoms with van der Waals surface area (Å²) in [6, 6.07) is 15.7. The smallest absolute Gasteiger partial charge is 0.240 e. The van der Waals surface area contributed by atoms with Gasteiger partial charge in [0.1, 0.15) is 18.5 Å². The fourth-order valence-electron chi connectivity index (χ4n) is 3.07. The van der Waals surface area contributed by atoms with Gasteiger partial charge >= 0.3 is 0 Å². The minimum atomic E-state index is -3.97. The average Bonchev–Trinajstić information content (AvgIpc) is 3.28. The number of rotatable bonds is 7. The zero-order chi connectivity index (χ0) is 21.2. The predicted octanol–water partition coefficient (Wildman–Crippen LogP) is 3.01. The van der Waals surface area contributed by atoms with Crippen LogP contribution in [0.15, 0.2) is 75.8 Å². The Balaban J connectivity index is 1.61. The molecular weight excluding hydrogens is 446 g/mol. The van der Waals surface area contributed by atoms with Gasteiger partial charge in [0.05, 0.1) is 9.79 Å². The lowest BCUT2D eigenvalue weighted by atomic mass is 10.3. The minimum absolute atomic E-state index is 0.0196. The van der Waals surface area contributed by atoms with Crippen LogP contribution in [0.2, 0.25) is 0 Å². The van der Waals surface area contributed by atoms with Crippen molar-refractivity contribution in [3.63, 3.8) is 0 Å². The highest BCUT2D eigenvalue weighted by Crippen LogP contribution is 2.34. The van der Waals surface area contributed by atoms with E-state index in [0.717, 1.165) is 0 Å². The van der Waals surface area contributed by atoms with Crippen LogP contribution >= 0.6 is 11.3 Å². The Bertz CT molecular complexity index is 1220. The molecule has 1 atom stereocenters. The molecule has 30 heavy (non-hydrogen) atoms. The van der Waals surface area contributed by atoms with Gasteiger partial charge in [0.15, 0.2) is 21.3 Å². The molecule has 0 spiro atoms. The van der Waals surface area contributed by atoms with Crippen LogP contribution < -0.4 is 14.2 Å². The van der Waals surface area contributed by atoms with Crippen LogP contribution in [0.25, 0.3) is 0 Å². The number of ether oxygens (including phenoxy) is 2. The Kier molecular flexibility index (Phi) is 5.83. The van der Waals surface area contributed by atoms with Crippen LogP contribution in [0.1, 0.15) is 10.1 Å². The molecule has 2 heterocycles. The summed E-state index contributed by atoms with van der Waals surface area (Å²) >= 11 is 1.27. The standard InChI is InChI=1S/C20H19NO6S3/c22-29(23,15-5-2-1-3-6-15)20(19-7-4-12-28-19)14-21-30(24,25)16-8-9-17-18(13-16)27-11-10-26-17/h1-9,12-13,20-21H,10-11,14H2/t20-/m0/s1. The monoisotopic (exact) mass is 465 g/mol. The van der Waals surface area contributed by atoms with Crippen molar-refractivity contribution in [1.29, 1.82) is 0 Å². The normalized spacial score (nSPS) is 14.9. The lowest BCUT2D eigenvalue weighted by molar-refractivity contribution is 0.171. The molecular formula is C20H19NO6S3. The minimum Gasteiger partial charge on any atom is -0.486 e. The van der Waals surface area contributed by atoms with Crippen molar-refractivity contribution in [2.45, 2.75) is 15.0 Å². The summed E-state index contributed by atoms with van der Waals surface area (Å²) in [6.07, 6.45) is 0. The maximum atomic E-state index is 13.2. The third-order valence-corrected chi connectivity index (χ3v) is 9.24. The third-order valence-electron chi connectivity index (χ3n) is 4.59. The van der Waals surface area contributed by atoms with Gasteiger partial charge in [0.2, 0.25) is 10.0 Å². The van der Waals surface area contributed by atoms with Gasteiger partial charge in [0.25, 0.3) is 0 Å². The molecule has 0 radical (unpaired) electrons. The van der Waals surface area contributed by atoms with Gasteiger partial charge in [-0.25, -0.2) is 21.6 Å². The van der Waals surface area contributed by atoms with E-state index in [1.807, 2.05) is 0 Å². The molecule has 1 N–H and O–H groups in total. The molecule has 10 heteroatoms. The van der Waals surface area contributed by atoms with E-state index in [1.165, 1.54) is 41.7 Å². The molecule has 0 unspecified atom stereocenters. The Morgan fingerprint density at radius 3 is 2.30 bits per heavy atom. The van der Waals surface area contributed by atoms with E-state index in [-0.39, 0.29) is 16.3 Å². The van der Waals surface area contributed by atoms with Crippen molar-refractivity contribution >= 4 is 31.2 Å². The molecule has 1 aliphatic heterocycles. The molecule has 0 saturated heterocycles. The second-order valence-corrected chi connectivity index (χ2v) is 11.4. The molecule has 0 fully saturated rings. The molecule has 0 bridgehead atoms. The van der Waals surface area contributed by atoms with Gasteiger partial charge in [-0.15, -0.1) is 11.3 Å². The SMILES string of the molecule is O=S(=O)(NC[C@@H](c1cccs1)S(=O)(=O)c1ccccc1)c1ccc2c(c1)OCCO2. The van der Waals surface area contributed by atoms with Crippen LogP contribution in [0.4, 0.5) is 0 Å². The van der Waals surface area contributed by atoms with E-state index in [0.29, 0.717) is 29.6 Å². The van der Waals surface area contributed by atoms with E-state index in [1.54, 1.807) is 35.7 Å². The first kappa shape index (κ1) is 20.9. The number of nitrogens with one attached hydrogen (secondary N) is 1. The summed E-state index contributed by atoms with van der Waals surface area (Å²) in [5.74, 6) is 0.819. The van der Waals surface area contributed by atoms with Crippen LogP contribution in [0.5, 0.6) is 11.5 Å². The van der Waals surface area contributed by atoms with Crippen LogP contribution in [-0.2, 0) is 19.9 Å². The number of hydrogen-bond donors (Lipinski definition) is 1. The molecule has 1 aliphatic rings. The number of fused-ring (bicyclic) bond motifs is 1. The number of sulfone groups is 1. The van der Waals surface area contributed by atoms with Crippen molar-refractivity contribution in [3.05, 3.63) is 70.9 Å². The molecule has 0 amide bonds. The van der Waals surface area contributed by atoms with Gasteiger partial charge < -0.3 is 9.47 Å². The van der Waals surface area contributed by atoms with Crippen molar-refractivity contribution in [3.8, 4) is 11.5 Å². The van der Waals surface area contributed by atoms with Gasteiger partial charge in [-0.3, -0.25) is 0 Å². The highest BCUT2D eigenvalue weighted by Gasteiger charge is 2.31. The zero-order valence-electron chi connectivity index (χ0n) is 15.7. The van der Waals surface area contributed by atoms with Gasteiger partial charge in [0, 0.05) is 17.5 Å². The van der Waals surface area contributed by atoms with Crippen molar-refractivity contribution in [2.24, 2.45) is 0 Å². The first-order valence-electron chi connectivity index (χ1n) is 9.09. The summed E-state index contributed by atoms with van der Waals surface area (Å²) in [7, 11) is -7.77. The van der Waals surface area contributed by atoms with E-state index < -0.39 is 25.1 Å². The van der Waals surface area contributed by atoms with Gasteiger partial charge in [-0.1, -0.05) is 24.3 Å². The summed E-state index contributed by atoms with van der Waals surface area (Å²) < 4.78 is 65.4. The maximum absolute atomic E-state index is 13.2. The first-order valence-corrected chi connectivity index (χ1v) is 13.0. The summed E-state index contributed by atoms with van der Waals surface area (Å²) in [5.41, 5.74) is 0. The topological polar surface area (TPSA) is 98.8 Å². The molecule has 3 aromatic rings. The largest absolute Gasteiger partial charge is 0.486 e. The summed E-state index contributed by atoms with van der Waals surface area (Å²) in [5, 5.41) is 0.713. The quantitative estimate of drug-likeness (QED) is 0.576. The molecule has 0 aliphatic carbocycles. The Morgan fingerprint density at radius 1 is 0.867 bits per heavy atom. The highest BCUT2D eigenvalue weighted by molar-refractivity contribution is 7.92. The predicted molar refractivity (Wildman–Crippen MR) is 113 cm³/mol. The molecule has 1 aromatic heterocycles. The Labute approximate surface area is 179 Å². The number of thiophene rings is 1. The summed E-state index contributed by atoms with van der Waals surface area (Å²) in [4.78, 5) is 0.680. The molecule has 4 rings (SSSR count). The van der Waals surface area contributed by atoms with Gasteiger partial charge in [-0.05, 0) is 35.7 Å². The Hall–Kier alpha value is -2.40. The number of sulfonamides is 1. The third kappa shape index (κ3) is 4.22. The molecule has 0 saturated carbocycles. The molecule has 158 valence electrons. The van der Waals surface area contributed by atoms with E-state index in [2.05, 4.69) is 4.72 Å². The molecule has 2 aromatic carbocycles. The van der Waals surface area contributed by atoms with Crippen LogP contribution in [0.3, 0.4) is 0 Å². The van der Waals surface area contributed by atoms with Crippen molar-refractivity contribution in [1.82, 2.24) is 4.72 Å². The molecule has 7 nitrogen and oxygen atoms in total. The zero-order valence-corrected chi connectivity index (χ0v) is 18.2. The number of benzene rings is 2. The maximum Gasteiger partial charge on any atom is 0.240 e. The van der Waals surface area contributed by atoms with E-state index in [9.17, 15) is 16.8 Å². The average molecular weight is 466 g/mol. The fraction of sp³-hybridized carbons (Fsp3) is 0.200. The van der Waals surface area contributed by atoms with E-state index in [4.69, 9.17) is 9.47 Å². The van der Waals surface area contributed by atoms with Crippen LogP contribution in [-0.4, -0.2) is 36.6 Å². The van der Waals surface area contributed by atoms with E-state index >= 15 is 0 Å². The second kappa shape index (κ2) is 8.38. The van der Waals surface area contributed by atoms with Crippen molar-refractivity contribution < 1.29 is 26.3 Å². The first-order chi connectivity index (χ1) is 14.4. The lowest BCUT2D eigenvalue weighted by Gasteiger charge is -2.20. The van der Waals surface area contributed by atoms with Crippen LogP contribution in [0, 0.1) is 0 Å².